The van der Waals surface area contributed by atoms with Gasteiger partial charge in [0.05, 0.1) is 22.4 Å². The Morgan fingerprint density at radius 3 is 2.79 bits per heavy atom. The van der Waals surface area contributed by atoms with Gasteiger partial charge in [0.2, 0.25) is 0 Å². The number of benzene rings is 1. The monoisotopic (exact) mass is 481 g/mol. The van der Waals surface area contributed by atoms with Crippen LogP contribution in [0.15, 0.2) is 71.4 Å². The van der Waals surface area contributed by atoms with Gasteiger partial charge in [-0.05, 0) is 36.8 Å². The number of halogens is 5. The molecule has 0 aliphatic heterocycles. The number of aromatic nitrogens is 3. The van der Waals surface area contributed by atoms with Gasteiger partial charge in [-0.25, -0.2) is 14.2 Å². The lowest BCUT2D eigenvalue weighted by molar-refractivity contribution is -0.137. The topological polar surface area (TPSA) is 94.8 Å². The fourth-order valence-corrected chi connectivity index (χ4v) is 3.44. The van der Waals surface area contributed by atoms with Crippen molar-refractivity contribution in [2.75, 3.05) is 5.32 Å². The number of pyridine rings is 1. The number of imidazole rings is 1. The van der Waals surface area contributed by atoms with Crippen LogP contribution in [0.2, 0.25) is 5.02 Å². The molecule has 0 saturated carbocycles. The number of anilines is 1. The Morgan fingerprint density at radius 1 is 1.27 bits per heavy atom. The Morgan fingerprint density at radius 2 is 2.06 bits per heavy atom. The molecule has 0 bridgehead atoms. The van der Waals surface area contributed by atoms with Crippen molar-refractivity contribution in [1.29, 1.82) is 0 Å². The van der Waals surface area contributed by atoms with Crippen molar-refractivity contribution in [3.63, 3.8) is 0 Å². The first-order valence-electron chi connectivity index (χ1n) is 9.52. The first-order valence-corrected chi connectivity index (χ1v) is 9.90. The van der Waals surface area contributed by atoms with Crippen LogP contribution in [-0.2, 0) is 6.18 Å². The second-order valence-corrected chi connectivity index (χ2v) is 7.49. The molecule has 3 aromatic rings. The van der Waals surface area contributed by atoms with E-state index < -0.39 is 34.3 Å². The third kappa shape index (κ3) is 5.03. The summed E-state index contributed by atoms with van der Waals surface area (Å²) in [5.41, 5.74) is -0.762. The highest BCUT2D eigenvalue weighted by Crippen LogP contribution is 2.36. The molecule has 2 heterocycles. The number of rotatable bonds is 6. The first-order chi connectivity index (χ1) is 15.6. The van der Waals surface area contributed by atoms with Crippen LogP contribution < -0.4 is 21.1 Å². The van der Waals surface area contributed by atoms with E-state index in [1.165, 1.54) is 30.5 Å². The highest BCUT2D eigenvalue weighted by atomic mass is 35.5. The zero-order chi connectivity index (χ0) is 23.8. The van der Waals surface area contributed by atoms with Gasteiger partial charge in [-0.15, -0.1) is 0 Å². The van der Waals surface area contributed by atoms with Crippen molar-refractivity contribution in [2.24, 2.45) is 0 Å². The molecule has 2 aromatic heterocycles. The van der Waals surface area contributed by atoms with Crippen molar-refractivity contribution in [2.45, 2.75) is 18.6 Å². The summed E-state index contributed by atoms with van der Waals surface area (Å²) < 4.78 is 59.3. The van der Waals surface area contributed by atoms with E-state index in [1.807, 2.05) is 0 Å². The molecule has 1 atom stereocenters. The Balaban J connectivity index is 1.40. The van der Waals surface area contributed by atoms with Crippen LogP contribution in [0.4, 0.5) is 23.2 Å². The summed E-state index contributed by atoms with van der Waals surface area (Å²) >= 11 is 5.62. The number of hydrogen-bond acceptors (Lipinski definition) is 5. The van der Waals surface area contributed by atoms with E-state index in [9.17, 15) is 22.4 Å². The maximum atomic E-state index is 14.6. The molecule has 4 N–H and O–H groups in total. The van der Waals surface area contributed by atoms with Gasteiger partial charge in [-0.3, -0.25) is 4.98 Å². The fraction of sp³-hybridized carbons (Fsp3) is 0.143. The van der Waals surface area contributed by atoms with Gasteiger partial charge >= 0.3 is 11.9 Å². The lowest BCUT2D eigenvalue weighted by atomic mass is 10.1. The summed E-state index contributed by atoms with van der Waals surface area (Å²) in [4.78, 5) is 20.5. The fourth-order valence-electron chi connectivity index (χ4n) is 3.22. The standard InChI is InChI=1S/C21H16ClF4N5O2/c1-10(28-11-2-4-14(22)13(8-11)21(24,25)26)29-12-3-5-16(15(23)9-12)33-17-6-7-27-19-18(17)30-20(32)31-19/h2,4-9,12,28-29H,1,3H2,(H2,27,30,31,32). The minimum Gasteiger partial charge on any atom is -0.452 e. The predicted octanol–water partition coefficient (Wildman–Crippen LogP) is 4.98. The van der Waals surface area contributed by atoms with Gasteiger partial charge in [0, 0.05) is 18.0 Å². The van der Waals surface area contributed by atoms with E-state index in [0.29, 0.717) is 11.9 Å². The molecule has 1 unspecified atom stereocenters. The lowest BCUT2D eigenvalue weighted by Crippen LogP contribution is -2.31. The first kappa shape index (κ1) is 22.5. The van der Waals surface area contributed by atoms with Crippen LogP contribution in [0, 0.1) is 0 Å². The molecular weight excluding hydrogens is 466 g/mol. The summed E-state index contributed by atoms with van der Waals surface area (Å²) in [6.07, 6.45) is -0.137. The minimum absolute atomic E-state index is 0.0475. The Bertz CT molecular complexity index is 1340. The Kier molecular flexibility index (Phi) is 5.90. The molecule has 0 amide bonds. The predicted molar refractivity (Wildman–Crippen MR) is 115 cm³/mol. The van der Waals surface area contributed by atoms with Crippen LogP contribution in [0.25, 0.3) is 11.2 Å². The van der Waals surface area contributed by atoms with Gasteiger partial charge in [0.25, 0.3) is 0 Å². The molecule has 0 saturated heterocycles. The number of H-pyrrole nitrogens is 2. The van der Waals surface area contributed by atoms with Crippen molar-refractivity contribution in [3.05, 3.63) is 87.7 Å². The van der Waals surface area contributed by atoms with E-state index in [0.717, 1.165) is 12.1 Å². The third-order valence-corrected chi connectivity index (χ3v) is 5.00. The lowest BCUT2D eigenvalue weighted by Gasteiger charge is -2.22. The number of aromatic amines is 2. The average molecular weight is 482 g/mol. The van der Waals surface area contributed by atoms with E-state index in [2.05, 4.69) is 32.2 Å². The summed E-state index contributed by atoms with van der Waals surface area (Å²) in [6.45, 7) is 3.72. The van der Waals surface area contributed by atoms with E-state index in [1.54, 1.807) is 0 Å². The molecule has 1 aromatic carbocycles. The number of hydrogen-bond donors (Lipinski definition) is 4. The zero-order valence-corrected chi connectivity index (χ0v) is 17.4. The van der Waals surface area contributed by atoms with E-state index >= 15 is 0 Å². The molecule has 7 nitrogen and oxygen atoms in total. The van der Waals surface area contributed by atoms with Crippen molar-refractivity contribution in [1.82, 2.24) is 20.3 Å². The maximum Gasteiger partial charge on any atom is 0.417 e. The van der Waals surface area contributed by atoms with Crippen molar-refractivity contribution >= 4 is 28.5 Å². The van der Waals surface area contributed by atoms with Crippen molar-refractivity contribution < 1.29 is 22.3 Å². The van der Waals surface area contributed by atoms with Crippen LogP contribution in [-0.4, -0.2) is 21.0 Å². The smallest absolute Gasteiger partial charge is 0.417 e. The Labute approximate surface area is 188 Å². The quantitative estimate of drug-likeness (QED) is 0.372. The van der Waals surface area contributed by atoms with Gasteiger partial charge in [-0.1, -0.05) is 18.2 Å². The summed E-state index contributed by atoms with van der Waals surface area (Å²) in [6, 6.07) is 4.31. The number of alkyl halides is 3. The van der Waals surface area contributed by atoms with Crippen LogP contribution in [0.1, 0.15) is 12.0 Å². The molecule has 0 fully saturated rings. The number of fused-ring (bicyclic) bond motifs is 1. The second kappa shape index (κ2) is 8.66. The maximum absolute atomic E-state index is 14.6. The Hall–Kier alpha value is -3.73. The summed E-state index contributed by atoms with van der Waals surface area (Å²) in [7, 11) is 0. The number of allylic oxidation sites excluding steroid dienone is 1. The summed E-state index contributed by atoms with van der Waals surface area (Å²) in [5.74, 6) is -0.333. The van der Waals surface area contributed by atoms with Crippen molar-refractivity contribution in [3.8, 4) is 5.75 Å². The number of nitrogens with one attached hydrogen (secondary N) is 4. The van der Waals surface area contributed by atoms with Gasteiger partial charge < -0.3 is 20.4 Å². The SMILES string of the molecule is C=C(Nc1ccc(Cl)c(C(F)(F)F)c1)NC1C=C(F)C(Oc2ccnc3[nH]c(=O)[nH]c23)=CC1. The van der Waals surface area contributed by atoms with Gasteiger partial charge in [0.1, 0.15) is 5.52 Å². The largest absolute Gasteiger partial charge is 0.452 e. The van der Waals surface area contributed by atoms with Crippen LogP contribution in [0.3, 0.4) is 0 Å². The van der Waals surface area contributed by atoms with Crippen LogP contribution in [0.5, 0.6) is 5.75 Å². The molecule has 0 spiro atoms. The highest BCUT2D eigenvalue weighted by molar-refractivity contribution is 6.31. The van der Waals surface area contributed by atoms with E-state index in [4.69, 9.17) is 16.3 Å². The normalized spacial score (nSPS) is 16.2. The second-order valence-electron chi connectivity index (χ2n) is 7.08. The highest BCUT2D eigenvalue weighted by Gasteiger charge is 2.33. The van der Waals surface area contributed by atoms with Gasteiger partial charge in [-0.2, -0.15) is 13.2 Å². The molecule has 4 rings (SSSR count). The number of nitrogens with zero attached hydrogens (tertiary/aromatic N) is 1. The van der Waals surface area contributed by atoms with Gasteiger partial charge in [0.15, 0.2) is 23.0 Å². The van der Waals surface area contributed by atoms with E-state index in [-0.39, 0.29) is 28.7 Å². The molecule has 12 heteroatoms. The third-order valence-electron chi connectivity index (χ3n) is 4.67. The molecule has 33 heavy (non-hydrogen) atoms. The number of ether oxygens (including phenoxy) is 1. The molecule has 0 radical (unpaired) electrons. The molecule has 172 valence electrons. The summed E-state index contributed by atoms with van der Waals surface area (Å²) in [5, 5.41) is 5.17. The minimum atomic E-state index is -4.60. The molecule has 1 aliphatic rings. The van der Waals surface area contributed by atoms with Crippen LogP contribution >= 0.6 is 11.6 Å². The average Bonchev–Trinajstić information content (AvgIpc) is 3.12. The zero-order valence-electron chi connectivity index (χ0n) is 16.7. The molecular formula is C21H16ClF4N5O2. The molecule has 1 aliphatic carbocycles.